The highest BCUT2D eigenvalue weighted by molar-refractivity contribution is 8.69. The molecule has 15 heavy (non-hydrogen) atoms. The molecular weight excluding hydrogens is 247 g/mol. The van der Waals surface area contributed by atoms with Crippen molar-refractivity contribution in [3.63, 3.8) is 0 Å². The fourth-order valence-corrected chi connectivity index (χ4v) is 4.95. The maximum atomic E-state index is 5.63. The van der Waals surface area contributed by atoms with Crippen LogP contribution in [0.5, 0.6) is 0 Å². The van der Waals surface area contributed by atoms with Gasteiger partial charge in [-0.2, -0.15) is 0 Å². The minimum absolute atomic E-state index is 0.686. The summed E-state index contributed by atoms with van der Waals surface area (Å²) < 4.78 is 9.93. The van der Waals surface area contributed by atoms with E-state index >= 15 is 0 Å². The van der Waals surface area contributed by atoms with Crippen molar-refractivity contribution in [1.29, 1.82) is 0 Å². The molecule has 0 aliphatic heterocycles. The third kappa shape index (κ3) is 8.03. The van der Waals surface area contributed by atoms with Crippen LogP contribution in [0.3, 0.4) is 0 Å². The highest BCUT2D eigenvalue weighted by atomic mass is 32.9. The van der Waals surface area contributed by atoms with Crippen LogP contribution in [0.1, 0.15) is 27.2 Å². The van der Waals surface area contributed by atoms with E-state index in [4.69, 9.17) is 16.3 Å². The van der Waals surface area contributed by atoms with Gasteiger partial charge in [-0.1, -0.05) is 31.3 Å². The Labute approximate surface area is 102 Å². The van der Waals surface area contributed by atoms with E-state index in [-0.39, 0.29) is 0 Å². The van der Waals surface area contributed by atoms with Crippen LogP contribution in [0.15, 0.2) is 17.0 Å². The predicted molar refractivity (Wildman–Crippen MR) is 75.1 cm³/mol. The predicted octanol–water partition coefficient (Wildman–Crippen LogP) is 3.54. The second kappa shape index (κ2) is 9.40. The van der Waals surface area contributed by atoms with Crippen molar-refractivity contribution in [3.8, 4) is 0 Å². The van der Waals surface area contributed by atoms with Crippen molar-refractivity contribution in [2.45, 2.75) is 27.2 Å². The molecule has 0 radical (unpaired) electrons. The zero-order valence-electron chi connectivity index (χ0n) is 9.47. The highest BCUT2D eigenvalue weighted by Gasteiger charge is 2.14. The Morgan fingerprint density at radius 2 is 2.27 bits per heavy atom. The van der Waals surface area contributed by atoms with E-state index in [0.29, 0.717) is 6.61 Å². The highest BCUT2D eigenvalue weighted by Crippen LogP contribution is 2.61. The van der Waals surface area contributed by atoms with Crippen molar-refractivity contribution in [2.24, 2.45) is 4.76 Å². The Bertz CT molecular complexity index is 256. The molecule has 0 saturated heterocycles. The van der Waals surface area contributed by atoms with Gasteiger partial charge in [-0.15, -0.1) is 0 Å². The summed E-state index contributed by atoms with van der Waals surface area (Å²) >= 11 is 7.02. The van der Waals surface area contributed by atoms with Gasteiger partial charge in [0.15, 0.2) is 0 Å². The Morgan fingerprint density at radius 3 is 2.80 bits per heavy atom. The van der Waals surface area contributed by atoms with E-state index in [1.54, 1.807) is 23.9 Å². The number of hydrogen-bond donors (Lipinski definition) is 1. The summed E-state index contributed by atoms with van der Waals surface area (Å²) in [6.45, 7) is 6.75. The largest absolute Gasteiger partial charge is 0.353 e. The maximum Gasteiger partial charge on any atom is 0.232 e. The van der Waals surface area contributed by atoms with Gasteiger partial charge in [0.1, 0.15) is 0 Å². The first kappa shape index (κ1) is 15.2. The molecule has 88 valence electrons. The van der Waals surface area contributed by atoms with Gasteiger partial charge in [-0.05, 0) is 37.1 Å². The first-order valence-corrected chi connectivity index (χ1v) is 9.25. The average Bonchev–Trinajstić information content (AvgIpc) is 2.22. The van der Waals surface area contributed by atoms with Crippen molar-refractivity contribution in [2.75, 3.05) is 12.4 Å². The fourth-order valence-electron chi connectivity index (χ4n) is 0.717. The van der Waals surface area contributed by atoms with Crippen molar-refractivity contribution in [3.05, 3.63) is 12.3 Å². The minimum atomic E-state index is -2.05. The van der Waals surface area contributed by atoms with E-state index in [2.05, 4.69) is 23.9 Å². The van der Waals surface area contributed by atoms with Crippen LogP contribution in [0.4, 0.5) is 0 Å². The summed E-state index contributed by atoms with van der Waals surface area (Å²) in [6.07, 6.45) is 6.30. The second-order valence-electron chi connectivity index (χ2n) is 2.63. The molecule has 0 heterocycles. The zero-order chi connectivity index (χ0) is 11.6. The van der Waals surface area contributed by atoms with Gasteiger partial charge in [0.25, 0.3) is 0 Å². The van der Waals surface area contributed by atoms with Gasteiger partial charge >= 0.3 is 0 Å². The Hall–Kier alpha value is 0.170. The molecular formula is C9H19N2OPS2. The zero-order valence-corrected chi connectivity index (χ0v) is 12.0. The van der Waals surface area contributed by atoms with Crippen LogP contribution >= 0.6 is 17.0 Å². The normalized spacial score (nSPS) is 15.9. The average molecular weight is 266 g/mol. The topological polar surface area (TPSA) is 33.6 Å². The molecule has 1 N–H and O–H groups in total. The van der Waals surface area contributed by atoms with Crippen LogP contribution in [-0.4, -0.2) is 18.7 Å². The van der Waals surface area contributed by atoms with Gasteiger partial charge in [-0.3, -0.25) is 0 Å². The molecule has 0 fully saturated rings. The monoisotopic (exact) mass is 266 g/mol. The van der Waals surface area contributed by atoms with Crippen LogP contribution in [0.25, 0.3) is 0 Å². The van der Waals surface area contributed by atoms with Crippen molar-refractivity contribution in [1.82, 2.24) is 5.32 Å². The molecule has 1 unspecified atom stereocenters. The lowest BCUT2D eigenvalue weighted by molar-refractivity contribution is 0.358. The Morgan fingerprint density at radius 1 is 1.53 bits per heavy atom. The lowest BCUT2D eigenvalue weighted by atomic mass is 10.5. The maximum absolute atomic E-state index is 5.63. The van der Waals surface area contributed by atoms with Crippen molar-refractivity contribution >= 4 is 35.1 Å². The molecule has 0 spiro atoms. The number of nitrogens with one attached hydrogen (secondary N) is 1. The van der Waals surface area contributed by atoms with Crippen LogP contribution in [0, 0.1) is 0 Å². The van der Waals surface area contributed by atoms with Gasteiger partial charge in [0.2, 0.25) is 5.62 Å². The SMILES string of the molecule is CC=CNC=NP(=S)(OCCC)SCC. The first-order valence-electron chi connectivity index (χ1n) is 4.99. The lowest BCUT2D eigenvalue weighted by Crippen LogP contribution is -2.00. The summed E-state index contributed by atoms with van der Waals surface area (Å²) in [4.78, 5) is 0. The molecule has 3 nitrogen and oxygen atoms in total. The molecule has 0 aromatic carbocycles. The van der Waals surface area contributed by atoms with E-state index in [1.165, 1.54) is 0 Å². The number of nitrogens with zero attached hydrogens (tertiary/aromatic N) is 1. The van der Waals surface area contributed by atoms with Gasteiger partial charge < -0.3 is 9.84 Å². The third-order valence-corrected chi connectivity index (χ3v) is 6.68. The molecule has 0 aromatic heterocycles. The van der Waals surface area contributed by atoms with Gasteiger partial charge in [-0.25, -0.2) is 4.76 Å². The molecule has 0 amide bonds. The van der Waals surface area contributed by atoms with Crippen LogP contribution < -0.4 is 5.32 Å². The summed E-state index contributed by atoms with van der Waals surface area (Å²) in [5.41, 5.74) is -2.05. The van der Waals surface area contributed by atoms with E-state index in [0.717, 1.165) is 12.2 Å². The molecule has 0 bridgehead atoms. The standard InChI is InChI=1S/C9H19N2OPS2/c1-4-7-10-9-11-13(14,15-6-3)12-8-5-2/h4,7,9H,5-6,8H2,1-3H3,(H,10,11,14). The molecule has 0 aliphatic carbocycles. The summed E-state index contributed by atoms with van der Waals surface area (Å²) in [5.74, 6) is 0.932. The Balaban J connectivity index is 4.22. The van der Waals surface area contributed by atoms with E-state index in [1.807, 2.05) is 13.0 Å². The summed E-state index contributed by atoms with van der Waals surface area (Å²) in [6, 6.07) is 0. The molecule has 1 atom stereocenters. The number of rotatable bonds is 8. The summed E-state index contributed by atoms with van der Waals surface area (Å²) in [7, 11) is 0. The first-order chi connectivity index (χ1) is 7.18. The Kier molecular flexibility index (Phi) is 9.51. The number of allylic oxidation sites excluding steroid dienone is 1. The number of hydrogen-bond acceptors (Lipinski definition) is 3. The van der Waals surface area contributed by atoms with Crippen LogP contribution in [-0.2, 0) is 16.3 Å². The van der Waals surface area contributed by atoms with Gasteiger partial charge in [0.05, 0.1) is 12.9 Å². The van der Waals surface area contributed by atoms with E-state index < -0.39 is 5.62 Å². The second-order valence-corrected chi connectivity index (χ2v) is 9.33. The third-order valence-electron chi connectivity index (χ3n) is 1.29. The van der Waals surface area contributed by atoms with Gasteiger partial charge in [0, 0.05) is 0 Å². The fraction of sp³-hybridized carbons (Fsp3) is 0.667. The van der Waals surface area contributed by atoms with Crippen molar-refractivity contribution < 1.29 is 4.52 Å². The molecule has 0 aliphatic rings. The van der Waals surface area contributed by atoms with E-state index in [9.17, 15) is 0 Å². The lowest BCUT2D eigenvalue weighted by Gasteiger charge is -2.15. The molecule has 0 aromatic rings. The quantitative estimate of drug-likeness (QED) is 0.414. The smallest absolute Gasteiger partial charge is 0.232 e. The minimum Gasteiger partial charge on any atom is -0.353 e. The van der Waals surface area contributed by atoms with Crippen LogP contribution in [0.2, 0.25) is 0 Å². The molecule has 6 heteroatoms. The molecule has 0 saturated carbocycles. The molecule has 0 rings (SSSR count). The summed E-state index contributed by atoms with van der Waals surface area (Å²) in [5, 5.41) is 2.92.